The molecule has 0 fully saturated rings. The van der Waals surface area contributed by atoms with Gasteiger partial charge < -0.3 is 1.43 Å². The van der Waals surface area contributed by atoms with Crippen LogP contribution in [0.1, 0.15) is 66.1 Å². The molecule has 0 aromatic heterocycles. The minimum Gasteiger partial charge on any atom is -1.00 e. The number of unbranched alkanes of at least 4 members (excludes halogenated alkanes) is 8. The zero-order chi connectivity index (χ0) is 11.6. The first kappa shape index (κ1) is 19.9. The minimum atomic E-state index is -3.73. The topological polar surface area (TPSA) is 54.4 Å². The molecule has 0 saturated carbocycles. The molecule has 0 aliphatic rings. The van der Waals surface area contributed by atoms with Crippen LogP contribution in [0.2, 0.25) is 0 Å². The zero-order valence-corrected chi connectivity index (χ0v) is 14.7. The molecule has 0 aliphatic heterocycles. The van der Waals surface area contributed by atoms with Crippen LogP contribution in [-0.2, 0) is 10.1 Å². The molecule has 16 heavy (non-hydrogen) atoms. The first-order chi connectivity index (χ1) is 7.06. The molecule has 1 N–H and O–H groups in total. The van der Waals surface area contributed by atoms with E-state index in [1.165, 1.54) is 38.5 Å². The van der Waals surface area contributed by atoms with Crippen molar-refractivity contribution in [3.05, 3.63) is 0 Å². The third-order valence-electron chi connectivity index (χ3n) is 2.51. The summed E-state index contributed by atoms with van der Waals surface area (Å²) in [6.07, 6.45) is 10.2. The van der Waals surface area contributed by atoms with Gasteiger partial charge in [0.1, 0.15) is 0 Å². The van der Waals surface area contributed by atoms with Crippen LogP contribution in [0.3, 0.4) is 0 Å². The van der Waals surface area contributed by atoms with E-state index in [0.29, 0.717) is 6.42 Å². The van der Waals surface area contributed by atoms with Crippen LogP contribution in [0.15, 0.2) is 0 Å². The van der Waals surface area contributed by atoms with Gasteiger partial charge in [-0.3, -0.25) is 4.55 Å². The molecule has 0 unspecified atom stereocenters. The van der Waals surface area contributed by atoms with E-state index in [-0.39, 0.29) is 58.6 Å². The molecule has 0 atom stereocenters. The van der Waals surface area contributed by atoms with Gasteiger partial charge in [-0.25, -0.2) is 0 Å². The van der Waals surface area contributed by atoms with Gasteiger partial charge in [0.2, 0.25) is 0 Å². The number of hydrogen-bond acceptors (Lipinski definition) is 2. The summed E-state index contributed by atoms with van der Waals surface area (Å²) in [5, 5.41) is 0. The van der Waals surface area contributed by atoms with Crippen molar-refractivity contribution >= 4 is 10.1 Å². The Kier molecular flexibility index (Phi) is 16.1. The van der Waals surface area contributed by atoms with Crippen LogP contribution in [0.4, 0.5) is 0 Å². The molecule has 0 aliphatic carbocycles. The Hall–Kier alpha value is 1.55. The molecule has 0 heterocycles. The Morgan fingerprint density at radius 2 is 1.25 bits per heavy atom. The summed E-state index contributed by atoms with van der Waals surface area (Å²) < 4.78 is 29.3. The van der Waals surface area contributed by atoms with Gasteiger partial charge in [0, 0.05) is 0 Å². The van der Waals surface area contributed by atoms with Crippen molar-refractivity contribution in [3.8, 4) is 0 Å². The second-order valence-electron chi connectivity index (χ2n) is 4.11. The molecule has 0 aromatic rings. The van der Waals surface area contributed by atoms with Crippen LogP contribution in [0, 0.1) is 0 Å². The second kappa shape index (κ2) is 13.0. The van der Waals surface area contributed by atoms with Gasteiger partial charge in [0.25, 0.3) is 10.1 Å². The van der Waals surface area contributed by atoms with Crippen LogP contribution >= 0.6 is 0 Å². The molecule has 0 aromatic carbocycles. The summed E-state index contributed by atoms with van der Waals surface area (Å²) in [6, 6.07) is 0. The smallest absolute Gasteiger partial charge is 1.00 e. The average Bonchev–Trinajstić information content (AvgIpc) is 2.14. The first-order valence-electron chi connectivity index (χ1n) is 6.01. The fourth-order valence-corrected chi connectivity index (χ4v) is 2.16. The standard InChI is InChI=1S/C11H24O3S.K.H/c1-2-3-4-5-6-7-8-9-10-11-15(12,13)14;;/h2-11H2,1H3,(H,12,13,14);;/q;+1;-1. The van der Waals surface area contributed by atoms with Gasteiger partial charge in [-0.05, 0) is 6.42 Å². The summed E-state index contributed by atoms with van der Waals surface area (Å²) >= 11 is 0. The Morgan fingerprint density at radius 1 is 0.875 bits per heavy atom. The van der Waals surface area contributed by atoms with Crippen LogP contribution in [0.25, 0.3) is 0 Å². The zero-order valence-electron chi connectivity index (χ0n) is 11.7. The van der Waals surface area contributed by atoms with Crippen molar-refractivity contribution < 1.29 is 65.8 Å². The van der Waals surface area contributed by atoms with Crippen molar-refractivity contribution in [3.63, 3.8) is 0 Å². The van der Waals surface area contributed by atoms with E-state index in [1.54, 1.807) is 0 Å². The molecule has 94 valence electrons. The van der Waals surface area contributed by atoms with Gasteiger partial charge in [0.05, 0.1) is 5.75 Å². The predicted octanol–water partition coefficient (Wildman–Crippen LogP) is 0.522. The second-order valence-corrected chi connectivity index (χ2v) is 5.69. The van der Waals surface area contributed by atoms with Gasteiger partial charge in [-0.15, -0.1) is 0 Å². The van der Waals surface area contributed by atoms with Crippen LogP contribution < -0.4 is 51.4 Å². The maximum absolute atomic E-state index is 10.4. The molecular formula is C11H25KO3S. The van der Waals surface area contributed by atoms with E-state index in [2.05, 4.69) is 6.92 Å². The molecule has 3 nitrogen and oxygen atoms in total. The summed E-state index contributed by atoms with van der Waals surface area (Å²) in [7, 11) is -3.73. The summed E-state index contributed by atoms with van der Waals surface area (Å²) in [4.78, 5) is 0. The quantitative estimate of drug-likeness (QED) is 0.360. The van der Waals surface area contributed by atoms with E-state index in [4.69, 9.17) is 4.55 Å². The van der Waals surface area contributed by atoms with Gasteiger partial charge in [-0.2, -0.15) is 8.42 Å². The van der Waals surface area contributed by atoms with Crippen LogP contribution in [-0.4, -0.2) is 18.7 Å². The van der Waals surface area contributed by atoms with E-state index in [1.807, 2.05) is 0 Å². The predicted molar refractivity (Wildman–Crippen MR) is 64.8 cm³/mol. The molecule has 0 amide bonds. The Morgan fingerprint density at radius 3 is 1.62 bits per heavy atom. The summed E-state index contributed by atoms with van der Waals surface area (Å²) in [5.74, 6) is -0.0805. The van der Waals surface area contributed by atoms with E-state index in [9.17, 15) is 8.42 Å². The fourth-order valence-electron chi connectivity index (χ4n) is 1.60. The fraction of sp³-hybridized carbons (Fsp3) is 1.00. The van der Waals surface area contributed by atoms with Crippen molar-refractivity contribution in [2.75, 3.05) is 5.75 Å². The molecule has 0 saturated heterocycles. The third kappa shape index (κ3) is 17.9. The van der Waals surface area contributed by atoms with Gasteiger partial charge >= 0.3 is 51.4 Å². The largest absolute Gasteiger partial charge is 1.00 e. The Bertz CT molecular complexity index is 233. The number of hydrogen-bond donors (Lipinski definition) is 1. The van der Waals surface area contributed by atoms with Crippen molar-refractivity contribution in [1.29, 1.82) is 0 Å². The minimum absolute atomic E-state index is 0. The molecular weight excluding hydrogens is 251 g/mol. The maximum atomic E-state index is 10.4. The molecule has 0 spiro atoms. The summed E-state index contributed by atoms with van der Waals surface area (Å²) in [6.45, 7) is 2.20. The van der Waals surface area contributed by atoms with E-state index < -0.39 is 10.1 Å². The van der Waals surface area contributed by atoms with Gasteiger partial charge in [-0.1, -0.05) is 58.3 Å². The Labute approximate surface area is 144 Å². The van der Waals surface area contributed by atoms with E-state index in [0.717, 1.165) is 12.8 Å². The normalized spacial score (nSPS) is 11.1. The van der Waals surface area contributed by atoms with Gasteiger partial charge in [0.15, 0.2) is 0 Å². The van der Waals surface area contributed by atoms with Crippen molar-refractivity contribution in [2.45, 2.75) is 64.7 Å². The monoisotopic (exact) mass is 276 g/mol. The average molecular weight is 276 g/mol. The third-order valence-corrected chi connectivity index (χ3v) is 3.31. The van der Waals surface area contributed by atoms with Crippen LogP contribution in [0.5, 0.6) is 0 Å². The SMILES string of the molecule is CCCCCCCCCCCS(=O)(=O)O.[H-].[K+]. The van der Waals surface area contributed by atoms with E-state index >= 15 is 0 Å². The summed E-state index contributed by atoms with van der Waals surface area (Å²) in [5.41, 5.74) is 0. The number of rotatable bonds is 10. The maximum Gasteiger partial charge on any atom is 1.00 e. The van der Waals surface area contributed by atoms with Crippen molar-refractivity contribution in [2.24, 2.45) is 0 Å². The molecule has 0 bridgehead atoms. The Balaban J connectivity index is -0.000000980. The van der Waals surface area contributed by atoms with Crippen molar-refractivity contribution in [1.82, 2.24) is 0 Å². The molecule has 0 rings (SSSR count). The first-order valence-corrected chi connectivity index (χ1v) is 7.62. The molecule has 5 heteroatoms. The molecule has 0 radical (unpaired) electrons.